The van der Waals surface area contributed by atoms with E-state index < -0.39 is 21.6 Å². The molecule has 0 aliphatic rings. The first-order valence-electron chi connectivity index (χ1n) is 7.89. The van der Waals surface area contributed by atoms with Gasteiger partial charge in [-0.1, -0.05) is 39.0 Å². The van der Waals surface area contributed by atoms with Crippen molar-refractivity contribution in [2.24, 2.45) is 11.1 Å². The molecule has 0 saturated carbocycles. The fourth-order valence-electron chi connectivity index (χ4n) is 2.06. The molecule has 4 N–H and O–H groups in total. The van der Waals surface area contributed by atoms with E-state index in [9.17, 15) is 13.2 Å². The molecule has 0 aliphatic carbocycles. The SMILES string of the molecule is CC(C)(C)NS(=O)(=O)c1ccccc1CNC(=O)[C@@H](N)C(C)(C)C.Cl. The lowest BCUT2D eigenvalue weighted by molar-refractivity contribution is -0.124. The van der Waals surface area contributed by atoms with Crippen LogP contribution in [-0.4, -0.2) is 25.9 Å². The van der Waals surface area contributed by atoms with Crippen molar-refractivity contribution in [2.75, 3.05) is 0 Å². The van der Waals surface area contributed by atoms with Crippen LogP contribution in [0.25, 0.3) is 0 Å². The van der Waals surface area contributed by atoms with Gasteiger partial charge in [-0.15, -0.1) is 12.4 Å². The first-order chi connectivity index (χ1) is 10.7. The van der Waals surface area contributed by atoms with Gasteiger partial charge in [0.25, 0.3) is 0 Å². The molecule has 0 unspecified atom stereocenters. The number of carbonyl (C=O) groups excluding carboxylic acids is 1. The Labute approximate surface area is 157 Å². The number of hydrogen-bond donors (Lipinski definition) is 3. The minimum absolute atomic E-state index is 0. The summed E-state index contributed by atoms with van der Waals surface area (Å²) in [5, 5.41) is 2.72. The Morgan fingerprint density at radius 3 is 2.12 bits per heavy atom. The average molecular weight is 392 g/mol. The van der Waals surface area contributed by atoms with Gasteiger partial charge < -0.3 is 11.1 Å². The van der Waals surface area contributed by atoms with E-state index in [2.05, 4.69) is 10.0 Å². The maximum absolute atomic E-state index is 12.6. The zero-order valence-corrected chi connectivity index (χ0v) is 17.3. The lowest BCUT2D eigenvalue weighted by Gasteiger charge is -2.26. The number of carbonyl (C=O) groups is 1. The highest BCUT2D eigenvalue weighted by molar-refractivity contribution is 7.89. The van der Waals surface area contributed by atoms with Crippen LogP contribution in [0.2, 0.25) is 0 Å². The molecule has 1 atom stereocenters. The summed E-state index contributed by atoms with van der Waals surface area (Å²) in [6.07, 6.45) is 0. The summed E-state index contributed by atoms with van der Waals surface area (Å²) in [6.45, 7) is 11.1. The standard InChI is InChI=1S/C17H29N3O3S.ClH/c1-16(2,3)14(18)15(21)19-11-12-9-7-8-10-13(12)24(22,23)20-17(4,5)6;/h7-10,14,20H,11,18H2,1-6H3,(H,19,21);1H/t14-;/m1./s1. The van der Waals surface area contributed by atoms with Crippen molar-refractivity contribution in [1.82, 2.24) is 10.0 Å². The number of benzene rings is 1. The maximum atomic E-state index is 12.6. The van der Waals surface area contributed by atoms with Crippen LogP contribution in [0.1, 0.15) is 47.1 Å². The zero-order valence-electron chi connectivity index (χ0n) is 15.7. The molecule has 8 heteroatoms. The van der Waals surface area contributed by atoms with Crippen LogP contribution in [0.3, 0.4) is 0 Å². The minimum Gasteiger partial charge on any atom is -0.351 e. The van der Waals surface area contributed by atoms with Crippen molar-refractivity contribution in [3.8, 4) is 0 Å². The number of halogens is 1. The van der Waals surface area contributed by atoms with Crippen molar-refractivity contribution in [1.29, 1.82) is 0 Å². The van der Waals surface area contributed by atoms with Gasteiger partial charge in [-0.25, -0.2) is 13.1 Å². The molecule has 0 saturated heterocycles. The molecule has 1 aromatic carbocycles. The van der Waals surface area contributed by atoms with Gasteiger partial charge in [0.2, 0.25) is 15.9 Å². The summed E-state index contributed by atoms with van der Waals surface area (Å²) >= 11 is 0. The number of amides is 1. The molecule has 0 radical (unpaired) electrons. The third kappa shape index (κ3) is 7.32. The molecule has 1 aromatic rings. The third-order valence-electron chi connectivity index (χ3n) is 3.37. The predicted octanol–water partition coefficient (Wildman–Crippen LogP) is 2.17. The summed E-state index contributed by atoms with van der Waals surface area (Å²) in [5.41, 5.74) is 5.48. The van der Waals surface area contributed by atoms with Crippen LogP contribution in [0.15, 0.2) is 29.2 Å². The van der Waals surface area contributed by atoms with Crippen LogP contribution >= 0.6 is 12.4 Å². The largest absolute Gasteiger partial charge is 0.351 e. The Morgan fingerprint density at radius 2 is 1.64 bits per heavy atom. The quantitative estimate of drug-likeness (QED) is 0.715. The molecule has 6 nitrogen and oxygen atoms in total. The summed E-state index contributed by atoms with van der Waals surface area (Å²) in [5.74, 6) is -0.307. The summed E-state index contributed by atoms with van der Waals surface area (Å²) in [4.78, 5) is 12.3. The molecule has 0 heterocycles. The van der Waals surface area contributed by atoms with Gasteiger partial charge in [0.05, 0.1) is 10.9 Å². The molecule has 0 bridgehead atoms. The lowest BCUT2D eigenvalue weighted by Crippen LogP contribution is -2.48. The zero-order chi connectivity index (χ0) is 18.8. The number of nitrogens with one attached hydrogen (secondary N) is 2. The van der Waals surface area contributed by atoms with Gasteiger partial charge in [-0.3, -0.25) is 4.79 Å². The summed E-state index contributed by atoms with van der Waals surface area (Å²) in [6, 6.07) is 5.93. The Kier molecular flexibility index (Phi) is 8.10. The topological polar surface area (TPSA) is 101 Å². The second kappa shape index (κ2) is 8.49. The van der Waals surface area contributed by atoms with E-state index in [1.807, 2.05) is 20.8 Å². The Morgan fingerprint density at radius 1 is 1.12 bits per heavy atom. The lowest BCUT2D eigenvalue weighted by atomic mass is 9.87. The van der Waals surface area contributed by atoms with Gasteiger partial charge in [-0.2, -0.15) is 0 Å². The Balaban J connectivity index is 0.00000576. The van der Waals surface area contributed by atoms with Crippen LogP contribution in [-0.2, 0) is 21.4 Å². The first kappa shape index (κ1) is 23.9. The monoisotopic (exact) mass is 391 g/mol. The normalized spacial score (nSPS) is 13.7. The average Bonchev–Trinajstić information content (AvgIpc) is 2.40. The fourth-order valence-corrected chi connectivity index (χ4v) is 3.71. The van der Waals surface area contributed by atoms with Crippen molar-refractivity contribution in [3.05, 3.63) is 29.8 Å². The van der Waals surface area contributed by atoms with Gasteiger partial charge in [0, 0.05) is 12.1 Å². The van der Waals surface area contributed by atoms with E-state index in [0.29, 0.717) is 5.56 Å². The van der Waals surface area contributed by atoms with Gasteiger partial charge in [0.1, 0.15) is 0 Å². The smallest absolute Gasteiger partial charge is 0.241 e. The van der Waals surface area contributed by atoms with E-state index in [4.69, 9.17) is 5.73 Å². The van der Waals surface area contributed by atoms with E-state index in [0.717, 1.165) is 0 Å². The number of hydrogen-bond acceptors (Lipinski definition) is 4. The van der Waals surface area contributed by atoms with Crippen molar-refractivity contribution < 1.29 is 13.2 Å². The highest BCUT2D eigenvalue weighted by atomic mass is 35.5. The molecule has 0 fully saturated rings. The van der Waals surface area contributed by atoms with E-state index >= 15 is 0 Å². The maximum Gasteiger partial charge on any atom is 0.241 e. The minimum atomic E-state index is -3.68. The predicted molar refractivity (Wildman–Crippen MR) is 103 cm³/mol. The Bertz CT molecular complexity index is 692. The van der Waals surface area contributed by atoms with Crippen LogP contribution < -0.4 is 15.8 Å². The van der Waals surface area contributed by atoms with E-state index in [1.54, 1.807) is 39.0 Å². The fraction of sp³-hybridized carbons (Fsp3) is 0.588. The van der Waals surface area contributed by atoms with E-state index in [1.165, 1.54) is 6.07 Å². The summed E-state index contributed by atoms with van der Waals surface area (Å²) < 4.78 is 27.7. The molecule has 1 rings (SSSR count). The first-order valence-corrected chi connectivity index (χ1v) is 9.37. The van der Waals surface area contributed by atoms with Gasteiger partial charge in [0.15, 0.2) is 0 Å². The number of rotatable bonds is 5. The molecule has 0 aliphatic heterocycles. The molecule has 0 aromatic heterocycles. The summed E-state index contributed by atoms with van der Waals surface area (Å²) in [7, 11) is -3.68. The second-order valence-electron chi connectivity index (χ2n) is 8.02. The molecule has 25 heavy (non-hydrogen) atoms. The van der Waals surface area contributed by atoms with E-state index in [-0.39, 0.29) is 35.2 Å². The van der Waals surface area contributed by atoms with Crippen LogP contribution in [0, 0.1) is 5.41 Å². The van der Waals surface area contributed by atoms with Gasteiger partial charge >= 0.3 is 0 Å². The highest BCUT2D eigenvalue weighted by Gasteiger charge is 2.28. The van der Waals surface area contributed by atoms with Gasteiger partial charge in [-0.05, 0) is 37.8 Å². The molecular formula is C17H30ClN3O3S. The molecular weight excluding hydrogens is 362 g/mol. The van der Waals surface area contributed by atoms with Crippen LogP contribution in [0.5, 0.6) is 0 Å². The molecule has 144 valence electrons. The Hall–Kier alpha value is -1.15. The molecule has 0 spiro atoms. The van der Waals surface area contributed by atoms with Crippen LogP contribution in [0.4, 0.5) is 0 Å². The van der Waals surface area contributed by atoms with Crippen molar-refractivity contribution >= 4 is 28.3 Å². The molecule has 1 amide bonds. The third-order valence-corrected chi connectivity index (χ3v) is 5.23. The number of nitrogens with two attached hydrogens (primary N) is 1. The number of sulfonamides is 1. The van der Waals surface area contributed by atoms with Crippen molar-refractivity contribution in [3.63, 3.8) is 0 Å². The second-order valence-corrected chi connectivity index (χ2v) is 9.68. The van der Waals surface area contributed by atoms with Crippen molar-refractivity contribution in [2.45, 2.75) is 64.6 Å². The highest BCUT2D eigenvalue weighted by Crippen LogP contribution is 2.19.